The highest BCUT2D eigenvalue weighted by Crippen LogP contribution is 2.26. The SMILES string of the molecule is CNCC1=C(F)CCC=C1F. The Hall–Kier alpha value is -0.700. The van der Waals surface area contributed by atoms with Gasteiger partial charge < -0.3 is 5.32 Å². The second-order valence-electron chi connectivity index (χ2n) is 2.50. The van der Waals surface area contributed by atoms with Gasteiger partial charge in [0.25, 0.3) is 0 Å². The fraction of sp³-hybridized carbons (Fsp3) is 0.500. The summed E-state index contributed by atoms with van der Waals surface area (Å²) in [5.41, 5.74) is 0.179. The molecule has 0 aliphatic heterocycles. The van der Waals surface area contributed by atoms with Crippen LogP contribution in [0, 0.1) is 0 Å². The third-order valence-electron chi connectivity index (χ3n) is 1.66. The summed E-state index contributed by atoms with van der Waals surface area (Å²) in [6.45, 7) is 0.272. The van der Waals surface area contributed by atoms with Gasteiger partial charge in [0.05, 0.1) is 0 Å². The van der Waals surface area contributed by atoms with Gasteiger partial charge in [-0.15, -0.1) is 0 Å². The molecule has 0 fully saturated rings. The molecular formula is C8H11F2N. The summed E-state index contributed by atoms with van der Waals surface area (Å²) in [6, 6.07) is 0. The molecule has 11 heavy (non-hydrogen) atoms. The van der Waals surface area contributed by atoms with Crippen LogP contribution in [0.15, 0.2) is 23.3 Å². The maximum Gasteiger partial charge on any atom is 0.126 e. The second kappa shape index (κ2) is 3.62. The summed E-state index contributed by atoms with van der Waals surface area (Å²) in [7, 11) is 1.67. The number of likely N-dealkylation sites (N-methyl/N-ethyl adjacent to an activating group) is 1. The van der Waals surface area contributed by atoms with Crippen LogP contribution in [0.5, 0.6) is 0 Å². The Morgan fingerprint density at radius 2 is 2.27 bits per heavy atom. The van der Waals surface area contributed by atoms with Crippen molar-refractivity contribution in [3.63, 3.8) is 0 Å². The van der Waals surface area contributed by atoms with Crippen molar-refractivity contribution in [3.05, 3.63) is 23.3 Å². The molecule has 0 saturated heterocycles. The van der Waals surface area contributed by atoms with Gasteiger partial charge in [-0.3, -0.25) is 0 Å². The molecule has 1 aliphatic carbocycles. The van der Waals surface area contributed by atoms with Gasteiger partial charge in [0.2, 0.25) is 0 Å². The van der Waals surface area contributed by atoms with Crippen LogP contribution in [0.3, 0.4) is 0 Å². The van der Waals surface area contributed by atoms with E-state index >= 15 is 0 Å². The van der Waals surface area contributed by atoms with E-state index in [-0.39, 0.29) is 17.9 Å². The van der Waals surface area contributed by atoms with Crippen LogP contribution in [-0.4, -0.2) is 13.6 Å². The Labute approximate surface area is 64.8 Å². The largest absolute Gasteiger partial charge is 0.315 e. The van der Waals surface area contributed by atoms with Crippen LogP contribution in [0.2, 0.25) is 0 Å². The maximum atomic E-state index is 12.8. The summed E-state index contributed by atoms with van der Waals surface area (Å²) in [4.78, 5) is 0. The smallest absolute Gasteiger partial charge is 0.126 e. The standard InChI is InChI=1S/C8H11F2N/c1-11-5-6-7(9)3-2-4-8(6)10/h3,11H,2,4-5H2,1H3. The van der Waals surface area contributed by atoms with Gasteiger partial charge in [0.1, 0.15) is 11.7 Å². The van der Waals surface area contributed by atoms with Gasteiger partial charge in [-0.1, -0.05) is 0 Å². The molecule has 1 N–H and O–H groups in total. The molecule has 0 heterocycles. The molecule has 0 saturated carbocycles. The van der Waals surface area contributed by atoms with Crippen molar-refractivity contribution in [2.45, 2.75) is 12.8 Å². The summed E-state index contributed by atoms with van der Waals surface area (Å²) in [5.74, 6) is -0.734. The van der Waals surface area contributed by atoms with Crippen LogP contribution in [-0.2, 0) is 0 Å². The molecule has 62 valence electrons. The van der Waals surface area contributed by atoms with Crippen molar-refractivity contribution in [1.82, 2.24) is 5.32 Å². The van der Waals surface area contributed by atoms with Crippen molar-refractivity contribution in [2.75, 3.05) is 13.6 Å². The molecule has 0 aromatic heterocycles. The number of halogens is 2. The Balaban J connectivity index is 2.76. The molecule has 0 aromatic carbocycles. The Morgan fingerprint density at radius 3 is 2.82 bits per heavy atom. The van der Waals surface area contributed by atoms with Crippen molar-refractivity contribution >= 4 is 0 Å². The van der Waals surface area contributed by atoms with Crippen LogP contribution in [0.1, 0.15) is 12.8 Å². The predicted molar refractivity (Wildman–Crippen MR) is 40.5 cm³/mol. The molecule has 0 amide bonds. The minimum Gasteiger partial charge on any atom is -0.315 e. The van der Waals surface area contributed by atoms with Crippen molar-refractivity contribution in [3.8, 4) is 0 Å². The Bertz CT molecular complexity index is 206. The van der Waals surface area contributed by atoms with E-state index in [9.17, 15) is 8.78 Å². The normalized spacial score (nSPS) is 18.6. The minimum absolute atomic E-state index is 0.179. The van der Waals surface area contributed by atoms with Crippen molar-refractivity contribution in [1.29, 1.82) is 0 Å². The third-order valence-corrected chi connectivity index (χ3v) is 1.66. The van der Waals surface area contributed by atoms with Gasteiger partial charge in [-0.05, 0) is 19.5 Å². The van der Waals surface area contributed by atoms with E-state index in [2.05, 4.69) is 5.32 Å². The molecular weight excluding hydrogens is 148 g/mol. The van der Waals surface area contributed by atoms with E-state index in [0.717, 1.165) is 0 Å². The lowest BCUT2D eigenvalue weighted by Crippen LogP contribution is -2.13. The molecule has 3 heteroatoms. The average Bonchev–Trinajstić information content (AvgIpc) is 1.97. The number of nitrogens with one attached hydrogen (secondary N) is 1. The predicted octanol–water partition coefficient (Wildman–Crippen LogP) is 2.08. The number of hydrogen-bond donors (Lipinski definition) is 1. The molecule has 1 aliphatic rings. The Morgan fingerprint density at radius 1 is 1.55 bits per heavy atom. The Kier molecular flexibility index (Phi) is 2.76. The fourth-order valence-electron chi connectivity index (χ4n) is 1.09. The first kappa shape index (κ1) is 8.40. The maximum absolute atomic E-state index is 12.8. The lowest BCUT2D eigenvalue weighted by Gasteiger charge is -2.10. The zero-order valence-electron chi connectivity index (χ0n) is 6.45. The minimum atomic E-state index is -0.414. The summed E-state index contributed by atoms with van der Waals surface area (Å²) >= 11 is 0. The lowest BCUT2D eigenvalue weighted by atomic mass is 10.0. The van der Waals surface area contributed by atoms with Crippen molar-refractivity contribution < 1.29 is 8.78 Å². The zero-order chi connectivity index (χ0) is 8.27. The zero-order valence-corrected chi connectivity index (χ0v) is 6.45. The van der Waals surface area contributed by atoms with Crippen molar-refractivity contribution in [2.24, 2.45) is 0 Å². The number of allylic oxidation sites excluding steroid dienone is 2. The molecule has 0 bridgehead atoms. The first-order valence-electron chi connectivity index (χ1n) is 3.64. The van der Waals surface area contributed by atoms with E-state index in [0.29, 0.717) is 12.8 Å². The van der Waals surface area contributed by atoms with E-state index < -0.39 is 5.83 Å². The van der Waals surface area contributed by atoms with E-state index in [1.165, 1.54) is 6.08 Å². The number of rotatable bonds is 2. The van der Waals surface area contributed by atoms with Gasteiger partial charge in [-0.25, -0.2) is 8.78 Å². The fourth-order valence-corrected chi connectivity index (χ4v) is 1.09. The van der Waals surface area contributed by atoms with Crippen LogP contribution >= 0.6 is 0 Å². The van der Waals surface area contributed by atoms with Gasteiger partial charge in [0, 0.05) is 18.5 Å². The molecule has 0 aromatic rings. The molecule has 0 unspecified atom stereocenters. The summed E-state index contributed by atoms with van der Waals surface area (Å²) in [6.07, 6.45) is 2.24. The monoisotopic (exact) mass is 159 g/mol. The van der Waals surface area contributed by atoms with Crippen LogP contribution < -0.4 is 5.32 Å². The topological polar surface area (TPSA) is 12.0 Å². The molecule has 1 rings (SSSR count). The second-order valence-corrected chi connectivity index (χ2v) is 2.50. The van der Waals surface area contributed by atoms with Crippen LogP contribution in [0.25, 0.3) is 0 Å². The molecule has 1 nitrogen and oxygen atoms in total. The molecule has 0 atom stereocenters. The lowest BCUT2D eigenvalue weighted by molar-refractivity contribution is 0.531. The van der Waals surface area contributed by atoms with Gasteiger partial charge in [-0.2, -0.15) is 0 Å². The molecule has 0 spiro atoms. The average molecular weight is 159 g/mol. The van der Waals surface area contributed by atoms with Gasteiger partial charge >= 0.3 is 0 Å². The van der Waals surface area contributed by atoms with E-state index in [1.54, 1.807) is 7.05 Å². The number of hydrogen-bond acceptors (Lipinski definition) is 1. The van der Waals surface area contributed by atoms with Gasteiger partial charge in [0.15, 0.2) is 0 Å². The quantitative estimate of drug-likeness (QED) is 0.650. The van der Waals surface area contributed by atoms with E-state index in [1.807, 2.05) is 0 Å². The summed E-state index contributed by atoms with van der Waals surface area (Å²) < 4.78 is 25.7. The first-order valence-corrected chi connectivity index (χ1v) is 3.64. The summed E-state index contributed by atoms with van der Waals surface area (Å²) in [5, 5.41) is 2.72. The first-order chi connectivity index (χ1) is 5.25. The highest BCUT2D eigenvalue weighted by atomic mass is 19.1. The molecule has 0 radical (unpaired) electrons. The highest BCUT2D eigenvalue weighted by molar-refractivity contribution is 5.32. The highest BCUT2D eigenvalue weighted by Gasteiger charge is 2.14. The van der Waals surface area contributed by atoms with Crippen LogP contribution in [0.4, 0.5) is 8.78 Å². The third kappa shape index (κ3) is 1.87. The van der Waals surface area contributed by atoms with E-state index in [4.69, 9.17) is 0 Å².